The highest BCUT2D eigenvalue weighted by atomic mass is 32.1. The van der Waals surface area contributed by atoms with Crippen molar-refractivity contribution in [1.82, 2.24) is 19.3 Å². The van der Waals surface area contributed by atoms with Gasteiger partial charge in [0.15, 0.2) is 4.77 Å². The average molecular weight is 393 g/mol. The van der Waals surface area contributed by atoms with Crippen molar-refractivity contribution in [1.29, 1.82) is 0 Å². The van der Waals surface area contributed by atoms with Gasteiger partial charge < -0.3 is 10.3 Å². The van der Waals surface area contributed by atoms with E-state index in [9.17, 15) is 14.4 Å². The fourth-order valence-electron chi connectivity index (χ4n) is 2.96. The van der Waals surface area contributed by atoms with E-state index in [-0.39, 0.29) is 11.9 Å². The summed E-state index contributed by atoms with van der Waals surface area (Å²) in [5, 5.41) is 5.73. The van der Waals surface area contributed by atoms with E-state index in [1.165, 1.54) is 0 Å². The number of fused-ring (bicyclic) bond motifs is 1. The number of aromatic amines is 2. The molecule has 0 fully saturated rings. The number of carbonyl (C=O) groups excluding carboxylic acids is 1. The molecule has 0 saturated heterocycles. The SMILES string of the molecule is O=C(Cn1[nH]c(=O)c2ccccc2c1=O)Nc1cccc(-n2cc[nH]c2=S)c1. The van der Waals surface area contributed by atoms with Crippen LogP contribution in [0.25, 0.3) is 16.5 Å². The molecule has 2 aromatic heterocycles. The molecule has 4 aromatic rings. The third kappa shape index (κ3) is 3.30. The summed E-state index contributed by atoms with van der Waals surface area (Å²) in [6, 6.07) is 13.6. The largest absolute Gasteiger partial charge is 0.337 e. The Hall–Kier alpha value is -3.72. The molecule has 0 spiro atoms. The number of nitrogens with zero attached hydrogens (tertiary/aromatic N) is 2. The molecule has 2 aromatic carbocycles. The van der Waals surface area contributed by atoms with Crippen LogP contribution in [0.3, 0.4) is 0 Å². The van der Waals surface area contributed by atoms with E-state index in [2.05, 4.69) is 15.4 Å². The number of aromatic nitrogens is 4. The van der Waals surface area contributed by atoms with E-state index in [0.717, 1.165) is 10.4 Å². The van der Waals surface area contributed by atoms with Crippen LogP contribution in [0, 0.1) is 4.77 Å². The third-order valence-electron chi connectivity index (χ3n) is 4.24. The zero-order chi connectivity index (χ0) is 19.7. The maximum atomic E-state index is 12.5. The molecular formula is C19H15N5O3S. The Kier molecular flexibility index (Phi) is 4.50. The van der Waals surface area contributed by atoms with Gasteiger partial charge in [-0.15, -0.1) is 0 Å². The number of hydrogen-bond acceptors (Lipinski definition) is 4. The van der Waals surface area contributed by atoms with Crippen molar-refractivity contribution in [3.8, 4) is 5.69 Å². The zero-order valence-corrected chi connectivity index (χ0v) is 15.3. The summed E-state index contributed by atoms with van der Waals surface area (Å²) in [6.07, 6.45) is 3.50. The standard InChI is InChI=1S/C19H15N5O3S/c25-16(11-24-18(27)15-7-2-1-6-14(15)17(26)22-24)21-12-4-3-5-13(10-12)23-9-8-20-19(23)28/h1-10H,11H2,(H,20,28)(H,21,25)(H,22,26). The van der Waals surface area contributed by atoms with Crippen LogP contribution in [0.1, 0.15) is 0 Å². The molecule has 1 amide bonds. The highest BCUT2D eigenvalue weighted by Gasteiger charge is 2.11. The van der Waals surface area contributed by atoms with Gasteiger partial charge in [-0.1, -0.05) is 18.2 Å². The van der Waals surface area contributed by atoms with Gasteiger partial charge in [0.05, 0.1) is 10.8 Å². The van der Waals surface area contributed by atoms with E-state index in [0.29, 0.717) is 15.8 Å². The average Bonchev–Trinajstić information content (AvgIpc) is 3.12. The Labute approximate surface area is 163 Å². The smallest absolute Gasteiger partial charge is 0.273 e. The molecule has 0 atom stereocenters. The molecule has 0 unspecified atom stereocenters. The zero-order valence-electron chi connectivity index (χ0n) is 14.5. The van der Waals surface area contributed by atoms with Crippen LogP contribution < -0.4 is 16.4 Å². The summed E-state index contributed by atoms with van der Waals surface area (Å²) in [7, 11) is 0. The minimum atomic E-state index is -0.442. The first-order chi connectivity index (χ1) is 13.5. The topological polar surface area (TPSA) is 105 Å². The lowest BCUT2D eigenvalue weighted by atomic mass is 10.2. The molecular weight excluding hydrogens is 378 g/mol. The molecule has 9 heteroatoms. The predicted octanol–water partition coefficient (Wildman–Crippen LogP) is 2.18. The summed E-state index contributed by atoms with van der Waals surface area (Å²) in [6.45, 7) is -0.313. The quantitative estimate of drug-likeness (QED) is 0.462. The van der Waals surface area contributed by atoms with Crippen molar-refractivity contribution < 1.29 is 4.79 Å². The van der Waals surface area contributed by atoms with Crippen molar-refractivity contribution in [2.24, 2.45) is 0 Å². The van der Waals surface area contributed by atoms with Gasteiger partial charge in [-0.3, -0.25) is 24.0 Å². The van der Waals surface area contributed by atoms with Crippen LogP contribution in [0.5, 0.6) is 0 Å². The van der Waals surface area contributed by atoms with E-state index in [1.807, 2.05) is 6.07 Å². The summed E-state index contributed by atoms with van der Waals surface area (Å²) in [4.78, 5) is 40.0. The molecule has 0 saturated carbocycles. The number of carbonyl (C=O) groups is 1. The lowest BCUT2D eigenvalue weighted by Gasteiger charge is -2.10. The van der Waals surface area contributed by atoms with Gasteiger partial charge in [0.25, 0.3) is 11.1 Å². The second kappa shape index (κ2) is 7.12. The number of benzene rings is 2. The highest BCUT2D eigenvalue weighted by molar-refractivity contribution is 7.71. The minimum Gasteiger partial charge on any atom is -0.337 e. The van der Waals surface area contributed by atoms with Crippen molar-refractivity contribution in [2.45, 2.75) is 6.54 Å². The predicted molar refractivity (Wildman–Crippen MR) is 108 cm³/mol. The van der Waals surface area contributed by atoms with Crippen LogP contribution in [0.15, 0.2) is 70.5 Å². The second-order valence-electron chi connectivity index (χ2n) is 6.11. The fourth-order valence-corrected chi connectivity index (χ4v) is 3.19. The molecule has 0 aliphatic heterocycles. The molecule has 0 aliphatic rings. The second-order valence-corrected chi connectivity index (χ2v) is 6.50. The highest BCUT2D eigenvalue weighted by Crippen LogP contribution is 2.15. The normalized spacial score (nSPS) is 10.9. The lowest BCUT2D eigenvalue weighted by Crippen LogP contribution is -2.34. The van der Waals surface area contributed by atoms with Gasteiger partial charge >= 0.3 is 0 Å². The number of anilines is 1. The maximum Gasteiger partial charge on any atom is 0.273 e. The molecule has 4 rings (SSSR count). The van der Waals surface area contributed by atoms with Gasteiger partial charge in [0, 0.05) is 23.8 Å². The van der Waals surface area contributed by atoms with Crippen molar-refractivity contribution >= 4 is 34.6 Å². The van der Waals surface area contributed by atoms with Gasteiger partial charge in [0.2, 0.25) is 5.91 Å². The summed E-state index contributed by atoms with van der Waals surface area (Å²) >= 11 is 5.20. The van der Waals surface area contributed by atoms with E-state index in [4.69, 9.17) is 12.2 Å². The maximum absolute atomic E-state index is 12.5. The Balaban J connectivity index is 1.59. The fraction of sp³-hybridized carbons (Fsp3) is 0.0526. The first-order valence-electron chi connectivity index (χ1n) is 8.41. The van der Waals surface area contributed by atoms with Crippen LogP contribution in [0.2, 0.25) is 0 Å². The van der Waals surface area contributed by atoms with Crippen molar-refractivity contribution in [2.75, 3.05) is 5.32 Å². The number of imidazole rings is 1. The Bertz CT molecular complexity index is 1360. The Morgan fingerprint density at radius 2 is 1.86 bits per heavy atom. The van der Waals surface area contributed by atoms with E-state index < -0.39 is 17.0 Å². The molecule has 0 aliphatic carbocycles. The first-order valence-corrected chi connectivity index (χ1v) is 8.82. The molecule has 28 heavy (non-hydrogen) atoms. The lowest BCUT2D eigenvalue weighted by molar-refractivity contribution is -0.117. The number of hydrogen-bond donors (Lipinski definition) is 3. The number of amides is 1. The van der Waals surface area contributed by atoms with Gasteiger partial charge in [0.1, 0.15) is 6.54 Å². The molecule has 140 valence electrons. The molecule has 0 bridgehead atoms. The summed E-state index contributed by atoms with van der Waals surface area (Å²) in [5.74, 6) is -0.442. The molecule has 0 radical (unpaired) electrons. The van der Waals surface area contributed by atoms with Crippen molar-refractivity contribution in [3.05, 3.63) is 86.4 Å². The first kappa shape index (κ1) is 17.7. The number of rotatable bonds is 4. The third-order valence-corrected chi connectivity index (χ3v) is 4.56. The van der Waals surface area contributed by atoms with E-state index in [1.54, 1.807) is 59.4 Å². The summed E-state index contributed by atoms with van der Waals surface area (Å²) in [5.41, 5.74) is 0.465. The van der Waals surface area contributed by atoms with Crippen LogP contribution in [-0.4, -0.2) is 25.2 Å². The van der Waals surface area contributed by atoms with Crippen LogP contribution in [0.4, 0.5) is 5.69 Å². The van der Waals surface area contributed by atoms with Crippen molar-refractivity contribution in [3.63, 3.8) is 0 Å². The van der Waals surface area contributed by atoms with Gasteiger partial charge in [-0.05, 0) is 42.5 Å². The number of H-pyrrole nitrogens is 2. The molecule has 3 N–H and O–H groups in total. The number of nitrogens with one attached hydrogen (secondary N) is 3. The monoisotopic (exact) mass is 393 g/mol. The summed E-state index contributed by atoms with van der Waals surface area (Å²) < 4.78 is 3.30. The van der Waals surface area contributed by atoms with Gasteiger partial charge in [-0.2, -0.15) is 0 Å². The van der Waals surface area contributed by atoms with Crippen LogP contribution in [-0.2, 0) is 11.3 Å². The van der Waals surface area contributed by atoms with E-state index >= 15 is 0 Å². The molecule has 8 nitrogen and oxygen atoms in total. The Morgan fingerprint density at radius 3 is 2.61 bits per heavy atom. The van der Waals surface area contributed by atoms with Crippen LogP contribution >= 0.6 is 12.2 Å². The minimum absolute atomic E-state index is 0.267. The Morgan fingerprint density at radius 1 is 1.07 bits per heavy atom. The molecule has 2 heterocycles. The van der Waals surface area contributed by atoms with Gasteiger partial charge in [-0.25, -0.2) is 4.68 Å².